The smallest absolute Gasteiger partial charge is 0.307 e. The number of carbonyl (C=O) groups excluding carboxylic acids is 1. The van der Waals surface area contributed by atoms with E-state index in [1.54, 1.807) is 24.3 Å². The van der Waals surface area contributed by atoms with Crippen LogP contribution in [0.5, 0.6) is 0 Å². The van der Waals surface area contributed by atoms with E-state index in [2.05, 4.69) is 0 Å². The molecule has 0 radical (unpaired) electrons. The molecule has 2 rings (SSSR count). The Morgan fingerprint density at radius 2 is 1.84 bits per heavy atom. The monoisotopic (exact) mass is 284 g/mol. The average Bonchev–Trinajstić information content (AvgIpc) is 2.54. The van der Waals surface area contributed by atoms with E-state index >= 15 is 0 Å². The van der Waals surface area contributed by atoms with Crippen LogP contribution in [0, 0.1) is 0 Å². The van der Waals surface area contributed by atoms with Gasteiger partial charge in [-0.1, -0.05) is 24.3 Å². The Morgan fingerprint density at radius 1 is 1.26 bits per heavy atom. The zero-order chi connectivity index (χ0) is 14.0. The molecule has 0 aromatic heterocycles. The Kier molecular flexibility index (Phi) is 3.54. The zero-order valence-corrected chi connectivity index (χ0v) is 10.7. The second-order valence-corrected chi connectivity index (χ2v) is 5.86. The third-order valence-corrected chi connectivity index (χ3v) is 4.06. The predicted molar refractivity (Wildman–Crippen MR) is 65.3 cm³/mol. The molecule has 0 saturated carbocycles. The number of rotatable bonds is 4. The molecule has 1 aromatic rings. The maximum Gasteiger partial charge on any atom is 0.307 e. The minimum absolute atomic E-state index is 0.0778. The van der Waals surface area contributed by atoms with Gasteiger partial charge in [0.1, 0.15) is 0 Å². The number of nitrogens with one attached hydrogen (secondary N) is 1. The van der Waals surface area contributed by atoms with Crippen LogP contribution >= 0.6 is 0 Å². The molecule has 102 valence electrons. The maximum absolute atomic E-state index is 11.5. The number of carboxylic acids is 1. The van der Waals surface area contributed by atoms with Crippen LogP contribution in [0.2, 0.25) is 0 Å². The van der Waals surface area contributed by atoms with E-state index in [1.165, 1.54) is 0 Å². The van der Waals surface area contributed by atoms with Crippen molar-refractivity contribution in [2.24, 2.45) is 0 Å². The first-order valence-electron chi connectivity index (χ1n) is 5.47. The number of benzene rings is 1. The number of carboxylic acid groups (broad SMARTS) is 1. The Labute approximate surface area is 110 Å². The predicted octanol–water partition coefficient (Wildman–Crippen LogP) is -0.510. The molecule has 0 unspecified atom stereocenters. The topological polar surface area (TPSA) is 104 Å². The minimum atomic E-state index is -3.72. The number of carbonyl (C=O) groups is 2. The van der Waals surface area contributed by atoms with E-state index in [0.717, 1.165) is 4.31 Å². The lowest BCUT2D eigenvalue weighted by molar-refractivity contribution is -0.136. The zero-order valence-electron chi connectivity index (χ0n) is 9.87. The Hall–Kier alpha value is -1.93. The van der Waals surface area contributed by atoms with Crippen molar-refractivity contribution in [2.75, 3.05) is 6.54 Å². The van der Waals surface area contributed by atoms with Crippen LogP contribution in [0.15, 0.2) is 24.3 Å². The number of hydrogen-bond donors (Lipinski definition) is 2. The second-order valence-electron chi connectivity index (χ2n) is 4.19. The molecule has 0 bridgehead atoms. The summed E-state index contributed by atoms with van der Waals surface area (Å²) in [4.78, 5) is 21.6. The molecule has 1 amide bonds. The standard InChI is InChI=1S/C11H12N2O5S/c14-10-7-13(19(17,18)12-10)6-9-3-1-8(2-4-9)5-11(15)16/h1-4H,5-7H2,(H,12,14)(H,15,16). The molecule has 1 aliphatic heterocycles. The van der Waals surface area contributed by atoms with Crippen LogP contribution in [0.25, 0.3) is 0 Å². The van der Waals surface area contributed by atoms with Crippen molar-refractivity contribution >= 4 is 22.1 Å². The number of hydrogen-bond acceptors (Lipinski definition) is 4. The van der Waals surface area contributed by atoms with Gasteiger partial charge >= 0.3 is 16.2 Å². The SMILES string of the molecule is O=C(O)Cc1ccc(CN2CC(=O)NS2(=O)=O)cc1. The quantitative estimate of drug-likeness (QED) is 0.775. The molecule has 1 aliphatic rings. The van der Waals surface area contributed by atoms with E-state index < -0.39 is 22.1 Å². The molecule has 0 spiro atoms. The lowest BCUT2D eigenvalue weighted by Gasteiger charge is -2.12. The number of amides is 1. The lowest BCUT2D eigenvalue weighted by atomic mass is 10.1. The minimum Gasteiger partial charge on any atom is -0.481 e. The van der Waals surface area contributed by atoms with Crippen LogP contribution in [-0.2, 0) is 32.8 Å². The molecule has 1 aromatic carbocycles. The van der Waals surface area contributed by atoms with Crippen molar-refractivity contribution < 1.29 is 23.1 Å². The van der Waals surface area contributed by atoms with Crippen molar-refractivity contribution in [3.63, 3.8) is 0 Å². The molecule has 1 heterocycles. The van der Waals surface area contributed by atoms with Gasteiger partial charge in [0, 0.05) is 6.54 Å². The maximum atomic E-state index is 11.5. The van der Waals surface area contributed by atoms with E-state index in [1.807, 2.05) is 4.72 Å². The largest absolute Gasteiger partial charge is 0.481 e. The fourth-order valence-electron chi connectivity index (χ4n) is 1.77. The summed E-state index contributed by atoms with van der Waals surface area (Å²) in [7, 11) is -3.72. The normalized spacial score (nSPS) is 18.2. The summed E-state index contributed by atoms with van der Waals surface area (Å²) in [6.45, 7) is -0.117. The molecule has 2 N–H and O–H groups in total. The van der Waals surface area contributed by atoms with Crippen molar-refractivity contribution in [1.29, 1.82) is 0 Å². The summed E-state index contributed by atoms with van der Waals surface area (Å²) >= 11 is 0. The summed E-state index contributed by atoms with van der Waals surface area (Å²) in [6.07, 6.45) is -0.0810. The highest BCUT2D eigenvalue weighted by atomic mass is 32.2. The highest BCUT2D eigenvalue weighted by molar-refractivity contribution is 7.88. The van der Waals surface area contributed by atoms with E-state index in [4.69, 9.17) is 5.11 Å². The Morgan fingerprint density at radius 3 is 2.32 bits per heavy atom. The second kappa shape index (κ2) is 4.98. The summed E-state index contributed by atoms with van der Waals surface area (Å²) in [5.41, 5.74) is 1.32. The molecule has 7 nitrogen and oxygen atoms in total. The van der Waals surface area contributed by atoms with Crippen LogP contribution in [0.3, 0.4) is 0 Å². The number of aliphatic carboxylic acids is 1. The van der Waals surface area contributed by atoms with Gasteiger partial charge < -0.3 is 5.11 Å². The first-order chi connectivity index (χ1) is 8.87. The van der Waals surface area contributed by atoms with Gasteiger partial charge in [0.25, 0.3) is 0 Å². The Bertz CT molecular complexity index is 608. The van der Waals surface area contributed by atoms with Gasteiger partial charge in [-0.15, -0.1) is 0 Å². The molecule has 0 aliphatic carbocycles. The molecule has 19 heavy (non-hydrogen) atoms. The summed E-state index contributed by atoms with van der Waals surface area (Å²) in [6, 6.07) is 6.55. The molecule has 0 atom stereocenters. The number of nitrogens with zero attached hydrogens (tertiary/aromatic N) is 1. The van der Waals surface area contributed by atoms with Crippen LogP contribution in [0.4, 0.5) is 0 Å². The summed E-state index contributed by atoms with van der Waals surface area (Å²) in [5.74, 6) is -1.48. The van der Waals surface area contributed by atoms with E-state index in [0.29, 0.717) is 11.1 Å². The van der Waals surface area contributed by atoms with E-state index in [9.17, 15) is 18.0 Å². The van der Waals surface area contributed by atoms with E-state index in [-0.39, 0.29) is 19.5 Å². The Balaban J connectivity index is 2.08. The fraction of sp³-hybridized carbons (Fsp3) is 0.273. The van der Waals surface area contributed by atoms with Gasteiger partial charge in [-0.2, -0.15) is 12.7 Å². The van der Waals surface area contributed by atoms with Gasteiger partial charge in [0.15, 0.2) is 0 Å². The molecule has 8 heteroatoms. The summed E-state index contributed by atoms with van der Waals surface area (Å²) < 4.78 is 25.9. The molecule has 1 saturated heterocycles. The van der Waals surface area contributed by atoms with Gasteiger partial charge in [-0.05, 0) is 11.1 Å². The van der Waals surface area contributed by atoms with Crippen molar-refractivity contribution in [1.82, 2.24) is 9.03 Å². The third-order valence-electron chi connectivity index (χ3n) is 2.64. The lowest BCUT2D eigenvalue weighted by Crippen LogP contribution is -2.29. The van der Waals surface area contributed by atoms with Crippen LogP contribution < -0.4 is 4.72 Å². The van der Waals surface area contributed by atoms with Crippen LogP contribution in [0.1, 0.15) is 11.1 Å². The van der Waals surface area contributed by atoms with Crippen LogP contribution in [-0.4, -0.2) is 36.3 Å². The van der Waals surface area contributed by atoms with Gasteiger partial charge in [0.2, 0.25) is 5.91 Å². The molecular formula is C11H12N2O5S. The molecule has 1 fully saturated rings. The molecular weight excluding hydrogens is 272 g/mol. The first-order valence-corrected chi connectivity index (χ1v) is 6.91. The summed E-state index contributed by atoms with van der Waals surface area (Å²) in [5, 5.41) is 8.63. The van der Waals surface area contributed by atoms with Crippen molar-refractivity contribution in [3.05, 3.63) is 35.4 Å². The highest BCUT2D eigenvalue weighted by Gasteiger charge is 2.33. The van der Waals surface area contributed by atoms with Gasteiger partial charge in [-0.25, -0.2) is 4.72 Å². The first kappa shape index (κ1) is 13.5. The average molecular weight is 284 g/mol. The van der Waals surface area contributed by atoms with Gasteiger partial charge in [-0.3, -0.25) is 9.59 Å². The van der Waals surface area contributed by atoms with Gasteiger partial charge in [0.05, 0.1) is 13.0 Å². The highest BCUT2D eigenvalue weighted by Crippen LogP contribution is 2.13. The van der Waals surface area contributed by atoms with Crippen molar-refractivity contribution in [2.45, 2.75) is 13.0 Å². The van der Waals surface area contributed by atoms with Crippen molar-refractivity contribution in [3.8, 4) is 0 Å². The third kappa shape index (κ3) is 3.30. The fourth-order valence-corrected chi connectivity index (χ4v) is 2.86.